The minimum atomic E-state index is 0.0437. The van der Waals surface area contributed by atoms with Crippen LogP contribution < -0.4 is 10.5 Å². The van der Waals surface area contributed by atoms with Crippen LogP contribution in [0, 0.1) is 0 Å². The Bertz CT molecular complexity index is 1320. The molecule has 1 aliphatic heterocycles. The molecule has 35 heavy (non-hydrogen) atoms. The van der Waals surface area contributed by atoms with E-state index in [1.165, 1.54) is 0 Å². The summed E-state index contributed by atoms with van der Waals surface area (Å²) in [6, 6.07) is 25.7. The number of nitrogen functional groups attached to an aromatic ring is 1. The molecular formula is C29H28N4O2. The van der Waals surface area contributed by atoms with Crippen molar-refractivity contribution in [2.75, 3.05) is 25.9 Å². The third kappa shape index (κ3) is 4.73. The summed E-state index contributed by atoms with van der Waals surface area (Å²) in [5.74, 6) is 1.15. The number of amides is 1. The first-order valence-corrected chi connectivity index (χ1v) is 11.8. The number of nitrogens with two attached hydrogens (primary N) is 1. The Hall–Kier alpha value is -4.19. The van der Waals surface area contributed by atoms with Gasteiger partial charge in [0, 0.05) is 36.3 Å². The van der Waals surface area contributed by atoms with Gasteiger partial charge in [-0.2, -0.15) is 0 Å². The normalized spacial score (nSPS) is 15.6. The van der Waals surface area contributed by atoms with Gasteiger partial charge in [0.05, 0.1) is 12.8 Å². The summed E-state index contributed by atoms with van der Waals surface area (Å²) in [5.41, 5.74) is 11.5. The highest BCUT2D eigenvalue weighted by molar-refractivity contribution is 6.01. The molecule has 0 unspecified atom stereocenters. The van der Waals surface area contributed by atoms with Crippen molar-refractivity contribution < 1.29 is 9.53 Å². The first-order valence-electron chi connectivity index (χ1n) is 11.8. The second-order valence-electron chi connectivity index (χ2n) is 8.76. The van der Waals surface area contributed by atoms with Crippen molar-refractivity contribution in [1.82, 2.24) is 14.9 Å². The third-order valence-corrected chi connectivity index (χ3v) is 6.58. The molecular weight excluding hydrogens is 436 g/mol. The van der Waals surface area contributed by atoms with Gasteiger partial charge in [-0.3, -0.25) is 4.79 Å². The molecule has 1 fully saturated rings. The van der Waals surface area contributed by atoms with E-state index in [9.17, 15) is 4.79 Å². The van der Waals surface area contributed by atoms with E-state index in [-0.39, 0.29) is 17.8 Å². The summed E-state index contributed by atoms with van der Waals surface area (Å²) >= 11 is 0. The fourth-order valence-electron chi connectivity index (χ4n) is 4.81. The van der Waals surface area contributed by atoms with Crippen molar-refractivity contribution in [1.29, 1.82) is 0 Å². The molecule has 0 radical (unpaired) electrons. The van der Waals surface area contributed by atoms with Gasteiger partial charge in [0.25, 0.3) is 5.91 Å². The van der Waals surface area contributed by atoms with Gasteiger partial charge in [-0.25, -0.2) is 9.97 Å². The molecule has 2 N–H and O–H groups in total. The maximum atomic E-state index is 13.7. The number of benzene rings is 3. The Morgan fingerprint density at radius 3 is 2.43 bits per heavy atom. The number of piperidine rings is 1. The van der Waals surface area contributed by atoms with Crippen molar-refractivity contribution in [2.24, 2.45) is 0 Å². The van der Waals surface area contributed by atoms with Crippen molar-refractivity contribution >= 4 is 11.9 Å². The number of nitrogens with zero attached hydrogens (tertiary/aromatic N) is 3. The number of carbonyl (C=O) groups is 1. The van der Waals surface area contributed by atoms with Crippen molar-refractivity contribution in [2.45, 2.75) is 18.8 Å². The van der Waals surface area contributed by atoms with E-state index in [2.05, 4.69) is 9.97 Å². The van der Waals surface area contributed by atoms with E-state index >= 15 is 0 Å². The zero-order valence-electron chi connectivity index (χ0n) is 19.7. The number of hydrogen-bond acceptors (Lipinski definition) is 5. The van der Waals surface area contributed by atoms with Crippen LogP contribution >= 0.6 is 0 Å². The zero-order chi connectivity index (χ0) is 24.2. The molecule has 2 heterocycles. The maximum absolute atomic E-state index is 13.7. The number of ether oxygens (including phenoxy) is 1. The molecule has 6 heteroatoms. The number of hydrogen-bond donors (Lipinski definition) is 1. The molecule has 6 nitrogen and oxygen atoms in total. The lowest BCUT2D eigenvalue weighted by Crippen LogP contribution is -2.39. The minimum absolute atomic E-state index is 0.0437. The molecule has 1 amide bonds. The Morgan fingerprint density at radius 1 is 0.943 bits per heavy atom. The van der Waals surface area contributed by atoms with Gasteiger partial charge < -0.3 is 15.4 Å². The number of carbonyl (C=O) groups excluding carboxylic acids is 1. The SMILES string of the molecule is COc1ccc(-c2cnc(N)nc2[C@H]2CCCN(C(=O)c3ccccc3-c3ccccc3)C2)cc1. The molecule has 1 saturated heterocycles. The molecule has 3 aromatic carbocycles. The number of anilines is 1. The molecule has 4 aromatic rings. The van der Waals surface area contributed by atoms with E-state index in [0.717, 1.165) is 58.6 Å². The molecule has 0 bridgehead atoms. The fourth-order valence-corrected chi connectivity index (χ4v) is 4.81. The maximum Gasteiger partial charge on any atom is 0.254 e. The highest BCUT2D eigenvalue weighted by atomic mass is 16.5. The van der Waals surface area contributed by atoms with Gasteiger partial charge in [-0.1, -0.05) is 60.7 Å². The van der Waals surface area contributed by atoms with Crippen LogP contribution in [0.4, 0.5) is 5.95 Å². The van der Waals surface area contributed by atoms with Crippen LogP contribution in [0.3, 0.4) is 0 Å². The standard InChI is InChI=1S/C29H28N4O2/c1-35-23-15-13-21(14-16-23)26-18-31-29(30)32-27(26)22-10-7-17-33(19-22)28(34)25-12-6-5-11-24(25)20-8-3-2-4-9-20/h2-6,8-9,11-16,18,22H,7,10,17,19H2,1H3,(H2,30,31,32)/t22-/m0/s1. The topological polar surface area (TPSA) is 81.3 Å². The van der Waals surface area contributed by atoms with E-state index < -0.39 is 0 Å². The second-order valence-corrected chi connectivity index (χ2v) is 8.76. The summed E-state index contributed by atoms with van der Waals surface area (Å²) in [6.45, 7) is 1.30. The van der Waals surface area contributed by atoms with Crippen LogP contribution in [0.1, 0.15) is 34.8 Å². The Balaban J connectivity index is 1.45. The number of methoxy groups -OCH3 is 1. The predicted molar refractivity (Wildman–Crippen MR) is 138 cm³/mol. The molecule has 1 aromatic heterocycles. The average molecular weight is 465 g/mol. The Labute approximate surface area is 205 Å². The monoisotopic (exact) mass is 464 g/mol. The van der Waals surface area contributed by atoms with Gasteiger partial charge in [0.1, 0.15) is 5.75 Å². The molecule has 1 aliphatic rings. The second kappa shape index (κ2) is 9.97. The highest BCUT2D eigenvalue weighted by Gasteiger charge is 2.29. The summed E-state index contributed by atoms with van der Waals surface area (Å²) < 4.78 is 5.30. The molecule has 0 saturated carbocycles. The van der Waals surface area contributed by atoms with Crippen LogP contribution in [0.25, 0.3) is 22.3 Å². The fraction of sp³-hybridized carbons (Fsp3) is 0.207. The predicted octanol–water partition coefficient (Wildman–Crippen LogP) is 5.42. The lowest BCUT2D eigenvalue weighted by atomic mass is 9.89. The molecule has 1 atom stereocenters. The molecule has 5 rings (SSSR count). The third-order valence-electron chi connectivity index (χ3n) is 6.58. The zero-order valence-corrected chi connectivity index (χ0v) is 19.7. The summed E-state index contributed by atoms with van der Waals surface area (Å²) in [4.78, 5) is 24.6. The van der Waals surface area contributed by atoms with Gasteiger partial charge in [0.15, 0.2) is 0 Å². The van der Waals surface area contributed by atoms with Crippen molar-refractivity contribution in [3.8, 4) is 28.0 Å². The molecule has 0 aliphatic carbocycles. The quantitative estimate of drug-likeness (QED) is 0.426. The van der Waals surface area contributed by atoms with E-state index in [0.29, 0.717) is 6.54 Å². The summed E-state index contributed by atoms with van der Waals surface area (Å²) in [5, 5.41) is 0. The first-order chi connectivity index (χ1) is 17.1. The lowest BCUT2D eigenvalue weighted by Gasteiger charge is -2.33. The van der Waals surface area contributed by atoms with Crippen molar-refractivity contribution in [3.63, 3.8) is 0 Å². The van der Waals surface area contributed by atoms with Crippen LogP contribution in [0.2, 0.25) is 0 Å². The lowest BCUT2D eigenvalue weighted by molar-refractivity contribution is 0.0707. The largest absolute Gasteiger partial charge is 0.497 e. The summed E-state index contributed by atoms with van der Waals surface area (Å²) in [7, 11) is 1.65. The Morgan fingerprint density at radius 2 is 1.66 bits per heavy atom. The average Bonchev–Trinajstić information content (AvgIpc) is 2.93. The first kappa shape index (κ1) is 22.6. The minimum Gasteiger partial charge on any atom is -0.497 e. The Kier molecular flexibility index (Phi) is 6.44. The van der Waals surface area contributed by atoms with Gasteiger partial charge in [-0.15, -0.1) is 0 Å². The van der Waals surface area contributed by atoms with Gasteiger partial charge >= 0.3 is 0 Å². The van der Waals surface area contributed by atoms with Gasteiger partial charge in [-0.05, 0) is 47.7 Å². The van der Waals surface area contributed by atoms with Crippen LogP contribution in [-0.2, 0) is 0 Å². The molecule has 0 spiro atoms. The van der Waals surface area contributed by atoms with Crippen LogP contribution in [-0.4, -0.2) is 41.0 Å². The van der Waals surface area contributed by atoms with Crippen molar-refractivity contribution in [3.05, 3.63) is 96.3 Å². The summed E-state index contributed by atoms with van der Waals surface area (Å²) in [6.07, 6.45) is 3.62. The molecule has 176 valence electrons. The van der Waals surface area contributed by atoms with E-state index in [4.69, 9.17) is 10.5 Å². The number of likely N-dealkylation sites (tertiary alicyclic amines) is 1. The van der Waals surface area contributed by atoms with Crippen LogP contribution in [0.15, 0.2) is 85.1 Å². The number of rotatable bonds is 5. The van der Waals surface area contributed by atoms with Crippen LogP contribution in [0.5, 0.6) is 5.75 Å². The highest BCUT2D eigenvalue weighted by Crippen LogP contribution is 2.35. The van der Waals surface area contributed by atoms with E-state index in [1.54, 1.807) is 13.3 Å². The van der Waals surface area contributed by atoms with E-state index in [1.807, 2.05) is 83.8 Å². The van der Waals surface area contributed by atoms with Gasteiger partial charge in [0.2, 0.25) is 5.95 Å². The number of aromatic nitrogens is 2. The smallest absolute Gasteiger partial charge is 0.254 e.